The molecule has 0 aliphatic carbocycles. The number of nitriles is 2. The highest BCUT2D eigenvalue weighted by Gasteiger charge is 2.32. The molecule has 1 aliphatic heterocycles. The van der Waals surface area contributed by atoms with E-state index in [-0.39, 0.29) is 23.0 Å². The number of nitrogens with zero attached hydrogens (tertiary/aromatic N) is 4. The quantitative estimate of drug-likeness (QED) is 0.387. The summed E-state index contributed by atoms with van der Waals surface area (Å²) in [7, 11) is 1.57. The number of ether oxygens (including phenoxy) is 1. The van der Waals surface area contributed by atoms with Gasteiger partial charge in [0.25, 0.3) is 0 Å². The molecule has 0 bridgehead atoms. The van der Waals surface area contributed by atoms with Crippen molar-refractivity contribution in [3.63, 3.8) is 0 Å². The van der Waals surface area contributed by atoms with Crippen molar-refractivity contribution in [3.8, 4) is 18.0 Å². The van der Waals surface area contributed by atoms with Crippen LogP contribution in [0.1, 0.15) is 22.7 Å². The zero-order valence-corrected chi connectivity index (χ0v) is 15.4. The summed E-state index contributed by atoms with van der Waals surface area (Å²) < 4.78 is 5.61. The molecule has 3 aromatic rings. The lowest BCUT2D eigenvalue weighted by Gasteiger charge is -2.27. The molecular weight excluding hydrogens is 368 g/mol. The van der Waals surface area contributed by atoms with E-state index in [4.69, 9.17) is 21.5 Å². The number of hydrogen-bond donors (Lipinski definition) is 4. The fraction of sp³-hybridized carbons (Fsp3) is 0.100. The van der Waals surface area contributed by atoms with E-state index in [9.17, 15) is 5.26 Å². The molecule has 142 valence electrons. The van der Waals surface area contributed by atoms with E-state index in [1.54, 1.807) is 7.11 Å². The zero-order chi connectivity index (χ0) is 20.5. The van der Waals surface area contributed by atoms with Crippen LogP contribution in [0.5, 0.6) is 5.75 Å². The van der Waals surface area contributed by atoms with Gasteiger partial charge in [-0.25, -0.2) is 9.98 Å². The molecule has 1 aliphatic rings. The van der Waals surface area contributed by atoms with Gasteiger partial charge in [0.05, 0.1) is 12.8 Å². The van der Waals surface area contributed by atoms with Crippen LogP contribution in [0.25, 0.3) is 10.8 Å². The van der Waals surface area contributed by atoms with Crippen LogP contribution in [-0.4, -0.2) is 18.1 Å². The number of guanidine groups is 1. The first-order valence-electron chi connectivity index (χ1n) is 8.63. The standard InChI is InChI=1S/C20H16N8O/c1-29-13-7-6-10-4-2-3-5-11(10)14(13)17-15-16(23)12(8-21)18(24)27-19(15)28-20(26-17)25-9-22/h2-7,17H,1H3,(H6,23,24,25,26,27,28). The van der Waals surface area contributed by atoms with Gasteiger partial charge >= 0.3 is 0 Å². The van der Waals surface area contributed by atoms with Crippen LogP contribution in [0.4, 0.5) is 17.3 Å². The van der Waals surface area contributed by atoms with E-state index in [0.717, 1.165) is 16.3 Å². The molecule has 1 aromatic heterocycles. The van der Waals surface area contributed by atoms with Crippen molar-refractivity contribution in [1.29, 1.82) is 10.5 Å². The van der Waals surface area contributed by atoms with Crippen molar-refractivity contribution in [2.24, 2.45) is 4.99 Å². The molecule has 1 unspecified atom stereocenters. The van der Waals surface area contributed by atoms with Crippen molar-refractivity contribution in [2.75, 3.05) is 23.9 Å². The highest BCUT2D eigenvalue weighted by molar-refractivity contribution is 6.00. The SMILES string of the molecule is COc1ccc2ccccc2c1C1N=C(NC#N)Nc2nc(N)c(C#N)c(N)c21. The summed E-state index contributed by atoms with van der Waals surface area (Å²) in [6.45, 7) is 0. The maximum absolute atomic E-state index is 9.48. The first-order chi connectivity index (χ1) is 14.1. The van der Waals surface area contributed by atoms with Gasteiger partial charge < -0.3 is 21.5 Å². The molecule has 0 saturated carbocycles. The topological polar surface area (TPSA) is 158 Å². The Morgan fingerprint density at radius 2 is 1.93 bits per heavy atom. The Morgan fingerprint density at radius 3 is 2.66 bits per heavy atom. The number of pyridine rings is 1. The van der Waals surface area contributed by atoms with Gasteiger partial charge in [-0.1, -0.05) is 30.3 Å². The Balaban J connectivity index is 2.08. The second-order valence-corrected chi connectivity index (χ2v) is 6.30. The monoisotopic (exact) mass is 384 g/mol. The summed E-state index contributed by atoms with van der Waals surface area (Å²) in [6, 6.07) is 12.9. The van der Waals surface area contributed by atoms with Crippen LogP contribution < -0.4 is 26.8 Å². The summed E-state index contributed by atoms with van der Waals surface area (Å²) in [6.07, 6.45) is 1.84. The smallest absolute Gasteiger partial charge is 0.211 e. The third-order valence-corrected chi connectivity index (χ3v) is 4.78. The summed E-state index contributed by atoms with van der Waals surface area (Å²) in [5, 5.41) is 25.8. The minimum atomic E-state index is -0.677. The molecule has 0 spiro atoms. The molecule has 9 nitrogen and oxygen atoms in total. The van der Waals surface area contributed by atoms with Crippen LogP contribution in [0.3, 0.4) is 0 Å². The number of hydrogen-bond acceptors (Lipinski definition) is 9. The van der Waals surface area contributed by atoms with E-state index in [2.05, 4.69) is 20.6 Å². The Bertz CT molecular complexity index is 1250. The molecule has 0 saturated heterocycles. The lowest BCUT2D eigenvalue weighted by atomic mass is 9.90. The number of methoxy groups -OCH3 is 1. The summed E-state index contributed by atoms with van der Waals surface area (Å²) in [5.41, 5.74) is 13.7. The van der Waals surface area contributed by atoms with E-state index in [1.165, 1.54) is 0 Å². The molecule has 6 N–H and O–H groups in total. The summed E-state index contributed by atoms with van der Waals surface area (Å²) >= 11 is 0. The number of benzene rings is 2. The molecule has 0 amide bonds. The van der Waals surface area contributed by atoms with Gasteiger partial charge in [0.1, 0.15) is 35.1 Å². The van der Waals surface area contributed by atoms with Crippen molar-refractivity contribution in [1.82, 2.24) is 10.3 Å². The number of nitrogens with one attached hydrogen (secondary N) is 2. The maximum atomic E-state index is 9.48. The van der Waals surface area contributed by atoms with Gasteiger partial charge in [0.2, 0.25) is 5.96 Å². The van der Waals surface area contributed by atoms with Crippen LogP contribution in [-0.2, 0) is 0 Å². The lowest BCUT2D eigenvalue weighted by molar-refractivity contribution is 0.409. The Morgan fingerprint density at radius 1 is 1.14 bits per heavy atom. The first-order valence-corrected chi connectivity index (χ1v) is 8.63. The number of aliphatic imine (C=N–C) groups is 1. The van der Waals surface area contributed by atoms with Gasteiger partial charge in [-0.15, -0.1) is 0 Å². The fourth-order valence-corrected chi connectivity index (χ4v) is 3.53. The zero-order valence-electron chi connectivity index (χ0n) is 15.4. The van der Waals surface area contributed by atoms with Gasteiger partial charge in [0, 0.05) is 11.1 Å². The number of nitrogens with two attached hydrogens (primary N) is 2. The number of aromatic nitrogens is 1. The van der Waals surface area contributed by atoms with Crippen molar-refractivity contribution >= 4 is 34.1 Å². The average molecular weight is 384 g/mol. The molecule has 2 aromatic carbocycles. The number of rotatable bonds is 2. The third-order valence-electron chi connectivity index (χ3n) is 4.78. The first kappa shape index (κ1) is 17.9. The normalized spacial score (nSPS) is 14.7. The molecular formula is C20H16N8O. The molecule has 29 heavy (non-hydrogen) atoms. The molecule has 0 fully saturated rings. The average Bonchev–Trinajstić information content (AvgIpc) is 2.72. The minimum absolute atomic E-state index is 0.00177. The second kappa shape index (κ2) is 6.91. The fourth-order valence-electron chi connectivity index (χ4n) is 3.53. The Kier molecular flexibility index (Phi) is 4.26. The lowest BCUT2D eigenvalue weighted by Crippen LogP contribution is -2.33. The third kappa shape index (κ3) is 2.78. The van der Waals surface area contributed by atoms with Gasteiger partial charge in [-0.05, 0) is 16.8 Å². The largest absolute Gasteiger partial charge is 0.496 e. The second-order valence-electron chi connectivity index (χ2n) is 6.30. The molecule has 4 rings (SSSR count). The van der Waals surface area contributed by atoms with Crippen LogP contribution in [0.2, 0.25) is 0 Å². The Labute approximate surface area is 166 Å². The van der Waals surface area contributed by atoms with Crippen molar-refractivity contribution < 1.29 is 4.74 Å². The van der Waals surface area contributed by atoms with Crippen LogP contribution in [0.15, 0.2) is 41.4 Å². The molecule has 9 heteroatoms. The number of fused-ring (bicyclic) bond motifs is 2. The van der Waals surface area contributed by atoms with Crippen molar-refractivity contribution in [2.45, 2.75) is 6.04 Å². The predicted molar refractivity (Wildman–Crippen MR) is 110 cm³/mol. The van der Waals surface area contributed by atoms with E-state index in [0.29, 0.717) is 17.1 Å². The van der Waals surface area contributed by atoms with E-state index < -0.39 is 6.04 Å². The Hall–Kier alpha value is -4.50. The van der Waals surface area contributed by atoms with E-state index >= 15 is 0 Å². The number of nitrogen functional groups attached to an aromatic ring is 2. The highest BCUT2D eigenvalue weighted by Crippen LogP contribution is 2.45. The molecule has 2 heterocycles. The van der Waals surface area contributed by atoms with Crippen molar-refractivity contribution in [3.05, 3.63) is 53.1 Å². The molecule has 0 radical (unpaired) electrons. The van der Waals surface area contributed by atoms with Gasteiger partial charge in [0.15, 0.2) is 6.19 Å². The van der Waals surface area contributed by atoms with Crippen LogP contribution >= 0.6 is 0 Å². The number of anilines is 3. The summed E-state index contributed by atoms with van der Waals surface area (Å²) in [5.74, 6) is 1.11. The molecule has 1 atom stereocenters. The minimum Gasteiger partial charge on any atom is -0.496 e. The van der Waals surface area contributed by atoms with Gasteiger partial charge in [-0.3, -0.25) is 5.32 Å². The van der Waals surface area contributed by atoms with Gasteiger partial charge in [-0.2, -0.15) is 10.5 Å². The predicted octanol–water partition coefficient (Wildman–Crippen LogP) is 2.22. The van der Waals surface area contributed by atoms with Crippen LogP contribution in [0, 0.1) is 22.8 Å². The highest BCUT2D eigenvalue weighted by atomic mass is 16.5. The maximum Gasteiger partial charge on any atom is 0.211 e. The van der Waals surface area contributed by atoms with E-state index in [1.807, 2.05) is 48.7 Å². The summed E-state index contributed by atoms with van der Waals surface area (Å²) in [4.78, 5) is 8.91.